The molecule has 0 saturated heterocycles. The molecule has 0 fully saturated rings. The summed E-state index contributed by atoms with van der Waals surface area (Å²) >= 11 is 1.47. The lowest BCUT2D eigenvalue weighted by Crippen LogP contribution is -2.29. The Morgan fingerprint density at radius 1 is 1.27 bits per heavy atom. The Kier molecular flexibility index (Phi) is 7.02. The molecule has 0 aliphatic rings. The first kappa shape index (κ1) is 21.7. The van der Waals surface area contributed by atoms with Gasteiger partial charge in [0.2, 0.25) is 5.91 Å². The van der Waals surface area contributed by atoms with Crippen LogP contribution in [0.4, 0.5) is 5.13 Å². The normalized spacial score (nSPS) is 11.0. The summed E-state index contributed by atoms with van der Waals surface area (Å²) < 4.78 is 10.3. The number of aryl methyl sites for hydroxylation is 2. The summed E-state index contributed by atoms with van der Waals surface area (Å²) in [5.74, 6) is 0.495. The van der Waals surface area contributed by atoms with Crippen molar-refractivity contribution in [3.63, 3.8) is 0 Å². The second-order valence-corrected chi connectivity index (χ2v) is 8.31. The molecule has 3 aromatic rings. The molecular weight excluding hydrogens is 402 g/mol. The van der Waals surface area contributed by atoms with Crippen molar-refractivity contribution in [2.75, 3.05) is 26.0 Å². The van der Waals surface area contributed by atoms with Crippen LogP contribution in [0.3, 0.4) is 0 Å². The minimum absolute atomic E-state index is 0.162. The predicted octanol–water partition coefficient (Wildman–Crippen LogP) is 3.80. The van der Waals surface area contributed by atoms with Crippen molar-refractivity contribution < 1.29 is 18.7 Å². The van der Waals surface area contributed by atoms with Gasteiger partial charge in [0, 0.05) is 17.5 Å². The van der Waals surface area contributed by atoms with Crippen molar-refractivity contribution in [2.24, 2.45) is 0 Å². The van der Waals surface area contributed by atoms with Crippen LogP contribution in [-0.2, 0) is 22.5 Å². The Balaban J connectivity index is 1.52. The van der Waals surface area contributed by atoms with Crippen molar-refractivity contribution in [1.82, 2.24) is 9.88 Å². The molecule has 30 heavy (non-hydrogen) atoms. The molecule has 2 heterocycles. The van der Waals surface area contributed by atoms with Gasteiger partial charge in [0.25, 0.3) is 0 Å². The van der Waals surface area contributed by atoms with Gasteiger partial charge in [-0.2, -0.15) is 0 Å². The number of anilines is 1. The number of hydrogen-bond acceptors (Lipinski definition) is 7. The molecule has 0 aliphatic carbocycles. The molecule has 1 amide bonds. The molecule has 0 aliphatic heterocycles. The van der Waals surface area contributed by atoms with Crippen LogP contribution in [0.15, 0.2) is 40.9 Å². The number of thiazole rings is 1. The number of esters is 1. The molecular formula is C22H25N3O4S. The predicted molar refractivity (Wildman–Crippen MR) is 116 cm³/mol. The highest BCUT2D eigenvalue weighted by Crippen LogP contribution is 2.22. The highest BCUT2D eigenvalue weighted by Gasteiger charge is 2.17. The molecule has 2 aromatic heterocycles. The number of nitrogens with one attached hydrogen (secondary N) is 1. The van der Waals surface area contributed by atoms with Crippen LogP contribution in [-0.4, -0.2) is 42.5 Å². The topological polar surface area (TPSA) is 84.7 Å². The fraction of sp³-hybridized carbons (Fsp3) is 0.318. The number of amides is 1. The zero-order valence-corrected chi connectivity index (χ0v) is 18.3. The number of rotatable bonds is 8. The monoisotopic (exact) mass is 427 g/mol. The third-order valence-electron chi connectivity index (χ3n) is 4.47. The maximum absolute atomic E-state index is 12.4. The minimum Gasteiger partial charge on any atom is -0.465 e. The summed E-state index contributed by atoms with van der Waals surface area (Å²) in [7, 11) is 3.14. The number of hydrogen-bond donors (Lipinski definition) is 1. The van der Waals surface area contributed by atoms with Crippen molar-refractivity contribution in [1.29, 1.82) is 0 Å². The molecule has 8 heteroatoms. The Hall–Kier alpha value is -2.97. The van der Waals surface area contributed by atoms with Crippen molar-refractivity contribution in [3.8, 4) is 0 Å². The molecule has 1 aromatic carbocycles. The van der Waals surface area contributed by atoms with Gasteiger partial charge in [-0.15, -0.1) is 11.3 Å². The Morgan fingerprint density at radius 3 is 2.80 bits per heavy atom. The molecule has 0 bridgehead atoms. The van der Waals surface area contributed by atoms with E-state index in [1.54, 1.807) is 31.1 Å². The molecule has 0 unspecified atom stereocenters. The smallest absolute Gasteiger partial charge is 0.341 e. The first-order chi connectivity index (χ1) is 14.3. The SMILES string of the molecule is COC(=O)c1cc(CN(C)CC(=O)Nc2ncc(Cc3cccc(C)c3)s2)oc1C. The summed E-state index contributed by atoms with van der Waals surface area (Å²) in [6.45, 7) is 4.33. The quantitative estimate of drug-likeness (QED) is 0.551. The van der Waals surface area contributed by atoms with Crippen LogP contribution < -0.4 is 5.32 Å². The number of nitrogens with zero attached hydrogens (tertiary/aromatic N) is 2. The van der Waals surface area contributed by atoms with Crippen molar-refractivity contribution >= 4 is 28.3 Å². The van der Waals surface area contributed by atoms with E-state index < -0.39 is 5.97 Å². The Bertz CT molecular complexity index is 1040. The number of methoxy groups -OCH3 is 1. The number of benzene rings is 1. The van der Waals surface area contributed by atoms with Crippen LogP contribution in [0, 0.1) is 13.8 Å². The van der Waals surface area contributed by atoms with Crippen molar-refractivity contribution in [3.05, 3.63) is 69.6 Å². The molecule has 7 nitrogen and oxygen atoms in total. The van der Waals surface area contributed by atoms with Crippen LogP contribution in [0.5, 0.6) is 0 Å². The van der Waals surface area contributed by atoms with Crippen molar-refractivity contribution in [2.45, 2.75) is 26.8 Å². The lowest BCUT2D eigenvalue weighted by atomic mass is 10.1. The van der Waals surface area contributed by atoms with E-state index in [0.717, 1.165) is 11.3 Å². The van der Waals surface area contributed by atoms with Gasteiger partial charge in [0.1, 0.15) is 17.1 Å². The molecule has 0 atom stereocenters. The van der Waals surface area contributed by atoms with E-state index in [9.17, 15) is 9.59 Å². The highest BCUT2D eigenvalue weighted by molar-refractivity contribution is 7.15. The second kappa shape index (κ2) is 9.69. The average Bonchev–Trinajstić information content (AvgIpc) is 3.26. The van der Waals surface area contributed by atoms with Crippen LogP contribution in [0.2, 0.25) is 0 Å². The number of aromatic nitrogens is 1. The third kappa shape index (κ3) is 5.77. The van der Waals surface area contributed by atoms with Gasteiger partial charge in [0.05, 0.1) is 20.2 Å². The van der Waals surface area contributed by atoms with Gasteiger partial charge in [-0.1, -0.05) is 29.8 Å². The Morgan fingerprint density at radius 2 is 2.07 bits per heavy atom. The standard InChI is InChI=1S/C22H25N3O4S/c1-14-6-5-7-16(8-14)9-18-11-23-22(30-18)24-20(26)13-25(3)12-17-10-19(15(2)29-17)21(27)28-4/h5-8,10-11H,9,12-13H2,1-4H3,(H,23,24,26). The summed E-state index contributed by atoms with van der Waals surface area (Å²) in [6.07, 6.45) is 2.59. The van der Waals surface area contributed by atoms with E-state index in [-0.39, 0.29) is 12.5 Å². The molecule has 0 spiro atoms. The lowest BCUT2D eigenvalue weighted by Gasteiger charge is -2.13. The minimum atomic E-state index is -0.437. The van der Waals surface area contributed by atoms with E-state index in [1.165, 1.54) is 29.6 Å². The van der Waals surface area contributed by atoms with E-state index in [0.29, 0.717) is 28.8 Å². The molecule has 0 radical (unpaired) electrons. The lowest BCUT2D eigenvalue weighted by molar-refractivity contribution is -0.117. The van der Waals surface area contributed by atoms with Gasteiger partial charge in [0.15, 0.2) is 5.13 Å². The number of carbonyl (C=O) groups is 2. The summed E-state index contributed by atoms with van der Waals surface area (Å²) in [5.41, 5.74) is 2.84. The molecule has 1 N–H and O–H groups in total. The molecule has 0 saturated carbocycles. The van der Waals surface area contributed by atoms with E-state index in [1.807, 2.05) is 6.07 Å². The first-order valence-electron chi connectivity index (χ1n) is 9.50. The van der Waals surface area contributed by atoms with Crippen LogP contribution in [0.25, 0.3) is 0 Å². The second-order valence-electron chi connectivity index (χ2n) is 7.19. The zero-order chi connectivity index (χ0) is 21.7. The number of likely N-dealkylation sites (N-methyl/N-ethyl adjacent to an activating group) is 1. The van der Waals surface area contributed by atoms with Crippen LogP contribution in [0.1, 0.15) is 37.9 Å². The fourth-order valence-corrected chi connectivity index (χ4v) is 3.99. The zero-order valence-electron chi connectivity index (χ0n) is 17.5. The number of ether oxygens (including phenoxy) is 1. The summed E-state index contributed by atoms with van der Waals surface area (Å²) in [5, 5.41) is 3.42. The highest BCUT2D eigenvalue weighted by atomic mass is 32.1. The van der Waals surface area contributed by atoms with Gasteiger partial charge in [-0.05, 0) is 32.5 Å². The number of furan rings is 1. The average molecular weight is 428 g/mol. The largest absolute Gasteiger partial charge is 0.465 e. The maximum Gasteiger partial charge on any atom is 0.341 e. The van der Waals surface area contributed by atoms with E-state index in [4.69, 9.17) is 9.15 Å². The first-order valence-corrected chi connectivity index (χ1v) is 10.3. The number of carbonyl (C=O) groups excluding carboxylic acids is 2. The Labute approximate surface area is 179 Å². The molecule has 3 rings (SSSR count). The maximum atomic E-state index is 12.4. The van der Waals surface area contributed by atoms with Gasteiger partial charge >= 0.3 is 5.97 Å². The van der Waals surface area contributed by atoms with Gasteiger partial charge in [-0.3, -0.25) is 9.69 Å². The van der Waals surface area contributed by atoms with Crippen LogP contribution >= 0.6 is 11.3 Å². The van der Waals surface area contributed by atoms with E-state index in [2.05, 4.69) is 35.4 Å². The fourth-order valence-electron chi connectivity index (χ4n) is 3.13. The third-order valence-corrected chi connectivity index (χ3v) is 5.39. The molecule has 158 valence electrons. The summed E-state index contributed by atoms with van der Waals surface area (Å²) in [4.78, 5) is 31.2. The summed E-state index contributed by atoms with van der Waals surface area (Å²) in [6, 6.07) is 9.99. The van der Waals surface area contributed by atoms with E-state index >= 15 is 0 Å². The van der Waals surface area contributed by atoms with Gasteiger partial charge < -0.3 is 14.5 Å². The van der Waals surface area contributed by atoms with Gasteiger partial charge in [-0.25, -0.2) is 9.78 Å².